The Morgan fingerprint density at radius 3 is 2.41 bits per heavy atom. The van der Waals surface area contributed by atoms with Gasteiger partial charge in [0.1, 0.15) is 16.2 Å². The Bertz CT molecular complexity index is 895. The summed E-state index contributed by atoms with van der Waals surface area (Å²) in [7, 11) is 0. The highest BCUT2D eigenvalue weighted by Gasteiger charge is 2.49. The largest absolute Gasteiger partial charge is 0.389 e. The number of aromatic nitrogens is 3. The van der Waals surface area contributed by atoms with Crippen molar-refractivity contribution in [3.63, 3.8) is 0 Å². The van der Waals surface area contributed by atoms with Crippen LogP contribution in [0.1, 0.15) is 80.6 Å². The maximum atomic E-state index is 13.1. The van der Waals surface area contributed by atoms with Crippen LogP contribution in [-0.2, 0) is 0 Å². The van der Waals surface area contributed by atoms with E-state index in [2.05, 4.69) is 23.8 Å². The summed E-state index contributed by atoms with van der Waals surface area (Å²) in [6.07, 6.45) is 4.16. The molecule has 4 rings (SSSR count). The molecule has 1 saturated carbocycles. The van der Waals surface area contributed by atoms with Gasteiger partial charge in [-0.05, 0) is 51.9 Å². The third kappa shape index (κ3) is 3.14. The molecule has 2 fully saturated rings. The number of nitrogens with zero attached hydrogens (tertiary/aromatic N) is 4. The fourth-order valence-corrected chi connectivity index (χ4v) is 5.24. The zero-order chi connectivity index (χ0) is 19.6. The highest BCUT2D eigenvalue weighted by molar-refractivity contribution is 7.18. The topological polar surface area (TPSA) is 79.2 Å². The molecule has 2 aromatic rings. The number of β-amino-alcohol motifs (C(OH)–C–C–N with tert-alkyl or cyclic N) is 1. The maximum absolute atomic E-state index is 13.1. The first-order valence-corrected chi connectivity index (χ1v) is 10.6. The number of aryl methyl sites for hydroxylation is 1. The van der Waals surface area contributed by atoms with Crippen LogP contribution in [0.3, 0.4) is 0 Å². The predicted octanol–water partition coefficient (Wildman–Crippen LogP) is 3.67. The van der Waals surface area contributed by atoms with E-state index in [0.717, 1.165) is 22.7 Å². The van der Waals surface area contributed by atoms with E-state index >= 15 is 0 Å². The van der Waals surface area contributed by atoms with Gasteiger partial charge in [-0.1, -0.05) is 25.2 Å². The lowest BCUT2D eigenvalue weighted by Gasteiger charge is -2.52. The van der Waals surface area contributed by atoms with Crippen molar-refractivity contribution < 1.29 is 9.90 Å². The van der Waals surface area contributed by atoms with Crippen LogP contribution in [0.25, 0.3) is 10.3 Å². The molecule has 3 heterocycles. The van der Waals surface area contributed by atoms with Gasteiger partial charge in [-0.15, -0.1) is 0 Å². The summed E-state index contributed by atoms with van der Waals surface area (Å²) >= 11 is 1.61. The first kappa shape index (κ1) is 18.7. The van der Waals surface area contributed by atoms with Crippen molar-refractivity contribution in [2.24, 2.45) is 5.41 Å². The molecule has 2 aliphatic rings. The third-order valence-corrected chi connectivity index (χ3v) is 7.50. The first-order valence-electron chi connectivity index (χ1n) is 9.73. The average Bonchev–Trinajstić information content (AvgIpc) is 3.01. The fraction of sp³-hybridized carbons (Fsp3) is 0.700. The Labute approximate surface area is 164 Å². The lowest BCUT2D eigenvalue weighted by atomic mass is 9.73. The molecule has 0 spiro atoms. The number of carbonyl (C=O) groups excluding carboxylic acids is 1. The Hall–Kier alpha value is -1.60. The van der Waals surface area contributed by atoms with Gasteiger partial charge in [0.25, 0.3) is 5.91 Å². The van der Waals surface area contributed by atoms with E-state index in [-0.39, 0.29) is 5.91 Å². The monoisotopic (exact) mass is 388 g/mol. The summed E-state index contributed by atoms with van der Waals surface area (Å²) in [5.74, 6) is 0.870. The number of amides is 1. The van der Waals surface area contributed by atoms with Gasteiger partial charge < -0.3 is 10.0 Å². The highest BCUT2D eigenvalue weighted by Crippen LogP contribution is 2.44. The molecule has 1 amide bonds. The van der Waals surface area contributed by atoms with Crippen molar-refractivity contribution in [1.29, 1.82) is 0 Å². The molecule has 1 aliphatic heterocycles. The van der Waals surface area contributed by atoms with Crippen molar-refractivity contribution in [3.05, 3.63) is 16.5 Å². The van der Waals surface area contributed by atoms with Crippen molar-refractivity contribution in [2.75, 3.05) is 6.54 Å². The Balaban J connectivity index is 1.68. The molecule has 1 N–H and O–H groups in total. The Morgan fingerprint density at radius 1 is 1.15 bits per heavy atom. The molecule has 0 aromatic carbocycles. The van der Waals surface area contributed by atoms with E-state index in [4.69, 9.17) is 4.98 Å². The number of rotatable bonds is 2. The van der Waals surface area contributed by atoms with Crippen molar-refractivity contribution in [1.82, 2.24) is 19.9 Å². The van der Waals surface area contributed by atoms with Crippen LogP contribution in [0.5, 0.6) is 0 Å². The van der Waals surface area contributed by atoms with E-state index in [1.165, 1.54) is 12.8 Å². The minimum Gasteiger partial charge on any atom is -0.389 e. The highest BCUT2D eigenvalue weighted by atomic mass is 32.1. The number of likely N-dealkylation sites (tertiary alicyclic amines) is 1. The maximum Gasteiger partial charge on any atom is 0.275 e. The molecule has 146 valence electrons. The van der Waals surface area contributed by atoms with Crippen LogP contribution in [0.15, 0.2) is 0 Å². The summed E-state index contributed by atoms with van der Waals surface area (Å²) in [5.41, 5.74) is 0.828. The molecular weight excluding hydrogens is 360 g/mol. The first-order chi connectivity index (χ1) is 12.6. The third-order valence-electron chi connectivity index (χ3n) is 6.39. The van der Waals surface area contributed by atoms with Crippen LogP contribution in [0.4, 0.5) is 0 Å². The molecule has 1 saturated heterocycles. The van der Waals surface area contributed by atoms with Gasteiger partial charge >= 0.3 is 0 Å². The molecule has 1 unspecified atom stereocenters. The number of thiazole rings is 1. The van der Waals surface area contributed by atoms with Crippen LogP contribution < -0.4 is 0 Å². The van der Waals surface area contributed by atoms with E-state index in [1.807, 2.05) is 20.8 Å². The SMILES string of the molecule is Cc1nc(C(=O)N2CC(O)C2(C)C)c2nc(C3CCC(C)(C)CC3)sc2n1. The van der Waals surface area contributed by atoms with Crippen molar-refractivity contribution in [2.45, 2.75) is 77.9 Å². The van der Waals surface area contributed by atoms with Crippen LogP contribution >= 0.6 is 11.3 Å². The van der Waals surface area contributed by atoms with E-state index in [1.54, 1.807) is 16.2 Å². The number of fused-ring (bicyclic) bond motifs is 1. The summed E-state index contributed by atoms with van der Waals surface area (Å²) in [4.78, 5) is 29.4. The van der Waals surface area contributed by atoms with E-state index in [9.17, 15) is 9.90 Å². The molecular formula is C20H28N4O2S. The molecule has 0 bridgehead atoms. The summed E-state index contributed by atoms with van der Waals surface area (Å²) in [6, 6.07) is 0. The second-order valence-corrected chi connectivity index (χ2v) is 10.4. The smallest absolute Gasteiger partial charge is 0.275 e. The van der Waals surface area contributed by atoms with Crippen molar-refractivity contribution in [3.8, 4) is 0 Å². The van der Waals surface area contributed by atoms with Crippen LogP contribution in [0, 0.1) is 12.3 Å². The number of aliphatic hydroxyl groups excluding tert-OH is 1. The van der Waals surface area contributed by atoms with Crippen LogP contribution in [-0.4, -0.2) is 49.1 Å². The van der Waals surface area contributed by atoms with E-state index < -0.39 is 11.6 Å². The minimum absolute atomic E-state index is 0.164. The second kappa shape index (κ2) is 6.21. The van der Waals surface area contributed by atoms with Gasteiger partial charge in [0.2, 0.25) is 0 Å². The van der Waals surface area contributed by atoms with Gasteiger partial charge in [-0.3, -0.25) is 4.79 Å². The Kier molecular flexibility index (Phi) is 4.31. The van der Waals surface area contributed by atoms with Gasteiger partial charge in [0.05, 0.1) is 16.7 Å². The van der Waals surface area contributed by atoms with E-state index in [0.29, 0.717) is 34.9 Å². The van der Waals surface area contributed by atoms with Crippen LogP contribution in [0.2, 0.25) is 0 Å². The molecule has 7 heteroatoms. The average molecular weight is 389 g/mol. The number of hydrogen-bond donors (Lipinski definition) is 1. The zero-order valence-electron chi connectivity index (χ0n) is 16.7. The van der Waals surface area contributed by atoms with Gasteiger partial charge in [-0.2, -0.15) is 0 Å². The van der Waals surface area contributed by atoms with Crippen molar-refractivity contribution >= 4 is 27.6 Å². The predicted molar refractivity (Wildman–Crippen MR) is 106 cm³/mol. The molecule has 0 radical (unpaired) electrons. The minimum atomic E-state index is -0.573. The summed E-state index contributed by atoms with van der Waals surface area (Å²) in [5, 5.41) is 11.1. The van der Waals surface area contributed by atoms with Gasteiger partial charge in [-0.25, -0.2) is 15.0 Å². The molecule has 27 heavy (non-hydrogen) atoms. The molecule has 1 aliphatic carbocycles. The lowest BCUT2D eigenvalue weighted by Crippen LogP contribution is -2.69. The van der Waals surface area contributed by atoms with Gasteiger partial charge in [0, 0.05) is 12.5 Å². The fourth-order valence-electron chi connectivity index (χ4n) is 4.09. The number of hydrogen-bond acceptors (Lipinski definition) is 6. The number of aliphatic hydroxyl groups is 1. The molecule has 6 nitrogen and oxygen atoms in total. The number of carbonyl (C=O) groups is 1. The standard InChI is InChI=1S/C20H28N4O2S/c1-11-21-15(18(26)24-10-13(25)20(24,4)5)14-17(22-11)27-16(23-14)12-6-8-19(2,3)9-7-12/h12-13,25H,6-10H2,1-5H3. The molecule has 1 atom stereocenters. The van der Waals surface area contributed by atoms with Gasteiger partial charge in [0.15, 0.2) is 5.69 Å². The summed E-state index contributed by atoms with van der Waals surface area (Å²) in [6.45, 7) is 10.6. The normalized spacial score (nSPS) is 24.8. The second-order valence-electron chi connectivity index (χ2n) is 9.35. The Morgan fingerprint density at radius 2 is 1.81 bits per heavy atom. The lowest BCUT2D eigenvalue weighted by molar-refractivity contribution is -0.0929. The quantitative estimate of drug-likeness (QED) is 0.849. The molecule has 2 aromatic heterocycles. The summed E-state index contributed by atoms with van der Waals surface area (Å²) < 4.78 is 0. The zero-order valence-corrected chi connectivity index (χ0v) is 17.6.